The molecule has 0 N–H and O–H groups in total. The Bertz CT molecular complexity index is 2990. The van der Waals surface area contributed by atoms with Crippen LogP contribution >= 0.6 is 0 Å². The third-order valence-electron chi connectivity index (χ3n) is 11.4. The minimum absolute atomic E-state index is 0.859. The number of aromatic nitrogens is 1. The monoisotopic (exact) mass is 700 g/mol. The lowest BCUT2D eigenvalue weighted by atomic mass is 9.89. The molecule has 0 bridgehead atoms. The van der Waals surface area contributed by atoms with Crippen LogP contribution in [0.3, 0.4) is 0 Å². The second-order valence-corrected chi connectivity index (χ2v) is 14.6. The molecule has 0 saturated carbocycles. The van der Waals surface area contributed by atoms with E-state index in [1.54, 1.807) is 0 Å². The van der Waals surface area contributed by atoms with Gasteiger partial charge in [0.05, 0.1) is 11.0 Å². The second kappa shape index (κ2) is 12.8. The zero-order chi connectivity index (χ0) is 36.3. The largest absolute Gasteiger partial charge is 0.310 e. The molecule has 10 aromatic rings. The van der Waals surface area contributed by atoms with Gasteiger partial charge in [-0.15, -0.1) is 0 Å². The van der Waals surface area contributed by atoms with Crippen LogP contribution in [0.15, 0.2) is 206 Å². The van der Waals surface area contributed by atoms with Crippen molar-refractivity contribution in [2.75, 3.05) is 4.90 Å². The quantitative estimate of drug-likeness (QED) is 0.174. The molecule has 1 aliphatic rings. The summed E-state index contributed by atoms with van der Waals surface area (Å²) in [6, 6.07) is 75.5. The van der Waals surface area contributed by atoms with Crippen molar-refractivity contribution in [3.63, 3.8) is 0 Å². The highest BCUT2D eigenvalue weighted by Gasteiger charge is 2.25. The predicted octanol–water partition coefficient (Wildman–Crippen LogP) is 14.3. The zero-order valence-electron chi connectivity index (χ0n) is 30.2. The average Bonchev–Trinajstić information content (AvgIpc) is 3.60. The summed E-state index contributed by atoms with van der Waals surface area (Å²) in [5.74, 6) is 0. The van der Waals surface area contributed by atoms with E-state index in [1.807, 2.05) is 0 Å². The maximum atomic E-state index is 2.45. The van der Waals surface area contributed by atoms with Gasteiger partial charge in [0.25, 0.3) is 0 Å². The van der Waals surface area contributed by atoms with Crippen molar-refractivity contribution in [3.8, 4) is 39.1 Å². The van der Waals surface area contributed by atoms with Crippen LogP contribution in [0.2, 0.25) is 0 Å². The summed E-state index contributed by atoms with van der Waals surface area (Å²) >= 11 is 0. The van der Waals surface area contributed by atoms with Crippen LogP contribution in [0.5, 0.6) is 0 Å². The summed E-state index contributed by atoms with van der Waals surface area (Å²) in [7, 11) is 0. The number of hydrogen-bond acceptors (Lipinski definition) is 1. The van der Waals surface area contributed by atoms with Crippen molar-refractivity contribution in [3.05, 3.63) is 217 Å². The number of anilines is 3. The average molecular weight is 701 g/mol. The lowest BCUT2D eigenvalue weighted by molar-refractivity contribution is 1.09. The van der Waals surface area contributed by atoms with E-state index in [4.69, 9.17) is 0 Å². The van der Waals surface area contributed by atoms with Gasteiger partial charge >= 0.3 is 0 Å². The molecule has 0 aliphatic carbocycles. The van der Waals surface area contributed by atoms with E-state index in [0.717, 1.165) is 12.1 Å². The van der Waals surface area contributed by atoms with E-state index in [9.17, 15) is 0 Å². The van der Waals surface area contributed by atoms with Crippen LogP contribution in [-0.2, 0) is 6.42 Å². The summed E-state index contributed by atoms with van der Waals surface area (Å²) < 4.78 is 2.38. The van der Waals surface area contributed by atoms with Gasteiger partial charge < -0.3 is 9.47 Å². The van der Waals surface area contributed by atoms with E-state index >= 15 is 0 Å². The molecule has 0 radical (unpaired) electrons. The molecule has 2 heterocycles. The standard InChI is InChI=1S/C53H36N2/c1-2-10-36(11-3-1)38-20-26-46(27-21-38)54-50-30-24-41(39-22-28-47(29-23-39)55-52-16-8-6-14-48(52)49-15-7-9-17-53(49)55)33-44(50)35-45-34-43(25-31-51(45)54)42-19-18-37-12-4-5-13-40(37)32-42/h1-34H,35H2. The first-order chi connectivity index (χ1) is 27.2. The summed E-state index contributed by atoms with van der Waals surface area (Å²) in [5.41, 5.74) is 17.2. The third kappa shape index (κ3) is 5.34. The Morgan fingerprint density at radius 2 is 0.764 bits per heavy atom. The van der Waals surface area contributed by atoms with Crippen molar-refractivity contribution in [2.24, 2.45) is 0 Å². The molecule has 1 aromatic heterocycles. The minimum atomic E-state index is 0.859. The summed E-state index contributed by atoms with van der Waals surface area (Å²) in [6.45, 7) is 0. The van der Waals surface area contributed by atoms with Gasteiger partial charge in [-0.3, -0.25) is 0 Å². The fourth-order valence-electron chi connectivity index (χ4n) is 8.67. The van der Waals surface area contributed by atoms with Crippen LogP contribution in [0.4, 0.5) is 17.1 Å². The Labute approximate surface area is 320 Å². The minimum Gasteiger partial charge on any atom is -0.310 e. The number of fused-ring (bicyclic) bond motifs is 6. The van der Waals surface area contributed by atoms with Gasteiger partial charge in [-0.25, -0.2) is 0 Å². The maximum Gasteiger partial charge on any atom is 0.0541 e. The molecule has 0 amide bonds. The molecule has 2 nitrogen and oxygen atoms in total. The van der Waals surface area contributed by atoms with Crippen LogP contribution < -0.4 is 4.90 Å². The topological polar surface area (TPSA) is 8.17 Å². The van der Waals surface area contributed by atoms with Gasteiger partial charge in [-0.2, -0.15) is 0 Å². The Morgan fingerprint density at radius 3 is 1.42 bits per heavy atom. The Balaban J connectivity index is 0.998. The maximum absolute atomic E-state index is 2.45. The molecule has 0 saturated heterocycles. The lowest BCUT2D eigenvalue weighted by Gasteiger charge is -2.34. The molecule has 1 aliphatic heterocycles. The van der Waals surface area contributed by atoms with E-state index in [-0.39, 0.29) is 0 Å². The molecule has 0 atom stereocenters. The van der Waals surface area contributed by atoms with Crippen molar-refractivity contribution >= 4 is 49.6 Å². The van der Waals surface area contributed by atoms with E-state index < -0.39 is 0 Å². The first-order valence-electron chi connectivity index (χ1n) is 19.0. The molecule has 11 rings (SSSR count). The first-order valence-corrected chi connectivity index (χ1v) is 19.0. The molecule has 0 fully saturated rings. The van der Waals surface area contributed by atoms with Crippen LogP contribution in [-0.4, -0.2) is 4.57 Å². The second-order valence-electron chi connectivity index (χ2n) is 14.6. The number of para-hydroxylation sites is 2. The van der Waals surface area contributed by atoms with Crippen LogP contribution in [0, 0.1) is 0 Å². The van der Waals surface area contributed by atoms with Crippen molar-refractivity contribution in [1.82, 2.24) is 4.57 Å². The van der Waals surface area contributed by atoms with Gasteiger partial charge in [0.2, 0.25) is 0 Å². The molecular weight excluding hydrogens is 665 g/mol. The van der Waals surface area contributed by atoms with Crippen LogP contribution in [0.25, 0.3) is 71.6 Å². The number of benzene rings is 9. The fraction of sp³-hybridized carbons (Fsp3) is 0.0189. The summed E-state index contributed by atoms with van der Waals surface area (Å²) in [6.07, 6.45) is 0.859. The molecule has 2 heteroatoms. The first kappa shape index (κ1) is 31.4. The third-order valence-corrected chi connectivity index (χ3v) is 11.4. The van der Waals surface area contributed by atoms with Gasteiger partial charge in [0.1, 0.15) is 0 Å². The lowest BCUT2D eigenvalue weighted by Crippen LogP contribution is -2.18. The molecule has 0 unspecified atom stereocenters. The molecular formula is C53H36N2. The predicted molar refractivity (Wildman–Crippen MR) is 232 cm³/mol. The van der Waals surface area contributed by atoms with Crippen molar-refractivity contribution in [1.29, 1.82) is 0 Å². The van der Waals surface area contributed by atoms with Gasteiger partial charge in [0.15, 0.2) is 0 Å². The SMILES string of the molecule is c1ccc(-c2ccc(N3c4ccc(-c5ccc(-n6c7ccccc7c7ccccc76)cc5)cc4Cc4cc(-c5ccc6ccccc6c5)ccc43)cc2)cc1. The highest BCUT2D eigenvalue weighted by Crippen LogP contribution is 2.46. The van der Waals surface area contributed by atoms with Crippen molar-refractivity contribution in [2.45, 2.75) is 6.42 Å². The molecule has 0 spiro atoms. The van der Waals surface area contributed by atoms with Crippen molar-refractivity contribution < 1.29 is 0 Å². The highest BCUT2D eigenvalue weighted by molar-refractivity contribution is 6.09. The highest BCUT2D eigenvalue weighted by atomic mass is 15.2. The zero-order valence-corrected chi connectivity index (χ0v) is 30.2. The smallest absolute Gasteiger partial charge is 0.0541 e. The van der Waals surface area contributed by atoms with Gasteiger partial charge in [0, 0.05) is 39.9 Å². The summed E-state index contributed by atoms with van der Waals surface area (Å²) in [5, 5.41) is 5.08. The van der Waals surface area contributed by atoms with Gasteiger partial charge in [-0.1, -0.05) is 140 Å². The summed E-state index contributed by atoms with van der Waals surface area (Å²) in [4.78, 5) is 2.45. The Hall–Kier alpha value is -7.16. The Kier molecular flexibility index (Phi) is 7.28. The Morgan fingerprint density at radius 1 is 0.309 bits per heavy atom. The van der Waals surface area contributed by atoms with E-state index in [0.29, 0.717) is 0 Å². The fourth-order valence-corrected chi connectivity index (χ4v) is 8.67. The van der Waals surface area contributed by atoms with Crippen LogP contribution in [0.1, 0.15) is 11.1 Å². The number of hydrogen-bond donors (Lipinski definition) is 0. The number of nitrogens with zero attached hydrogens (tertiary/aromatic N) is 2. The normalized spacial score (nSPS) is 12.3. The number of rotatable bonds is 5. The van der Waals surface area contributed by atoms with E-state index in [1.165, 1.54) is 94.1 Å². The molecule has 258 valence electrons. The molecule has 9 aromatic carbocycles. The van der Waals surface area contributed by atoms with E-state index in [2.05, 4.69) is 216 Å². The van der Waals surface area contributed by atoms with Gasteiger partial charge in [-0.05, 0) is 122 Å². The molecule has 55 heavy (non-hydrogen) atoms.